The summed E-state index contributed by atoms with van der Waals surface area (Å²) in [5.74, 6) is 1.08. The second kappa shape index (κ2) is 5.73. The highest BCUT2D eigenvalue weighted by Gasteiger charge is 2.14. The highest BCUT2D eigenvalue weighted by atomic mass is 127. The summed E-state index contributed by atoms with van der Waals surface area (Å²) in [4.78, 5) is 13.4. The van der Waals surface area contributed by atoms with E-state index in [4.69, 9.17) is 17.3 Å². The van der Waals surface area contributed by atoms with Gasteiger partial charge in [0.25, 0.3) is 0 Å². The summed E-state index contributed by atoms with van der Waals surface area (Å²) in [7, 11) is 0. The Hall–Kier alpha value is -1.47. The molecule has 0 bridgehead atoms. The maximum Gasteiger partial charge on any atom is 0.164 e. The van der Waals surface area contributed by atoms with Crippen molar-refractivity contribution in [1.82, 2.24) is 15.0 Å². The lowest BCUT2D eigenvalue weighted by Gasteiger charge is -2.10. The summed E-state index contributed by atoms with van der Waals surface area (Å²) in [5, 5.41) is 1.55. The minimum absolute atomic E-state index is 0.497. The Labute approximate surface area is 140 Å². The number of hydrogen-bond acceptors (Lipinski definition) is 4. The van der Waals surface area contributed by atoms with Gasteiger partial charge in [-0.1, -0.05) is 18.5 Å². The molecule has 3 rings (SSSR count). The van der Waals surface area contributed by atoms with Gasteiger partial charge in [-0.15, -0.1) is 0 Å². The lowest BCUT2D eigenvalue weighted by Crippen LogP contribution is -2.04. The van der Waals surface area contributed by atoms with Gasteiger partial charge < -0.3 is 5.73 Å². The molecule has 0 aliphatic rings. The van der Waals surface area contributed by atoms with Crippen LogP contribution in [0.4, 0.5) is 5.82 Å². The molecule has 2 N–H and O–H groups in total. The lowest BCUT2D eigenvalue weighted by molar-refractivity contribution is 0.995. The predicted molar refractivity (Wildman–Crippen MR) is 94.3 cm³/mol. The van der Waals surface area contributed by atoms with E-state index in [9.17, 15) is 0 Å². The molecule has 106 valence electrons. The van der Waals surface area contributed by atoms with E-state index < -0.39 is 0 Å². The Kier molecular flexibility index (Phi) is 3.95. The SMILES string of the molecule is CCc1nc(-c2ccc(Cl)c3cccnc23)nc(N)c1I. The van der Waals surface area contributed by atoms with Crippen molar-refractivity contribution in [3.63, 3.8) is 0 Å². The maximum absolute atomic E-state index is 6.22. The minimum Gasteiger partial charge on any atom is -0.383 e. The van der Waals surface area contributed by atoms with Crippen LogP contribution in [0.3, 0.4) is 0 Å². The number of nitrogen functional groups attached to an aromatic ring is 1. The van der Waals surface area contributed by atoms with Crippen molar-refractivity contribution >= 4 is 50.9 Å². The highest BCUT2D eigenvalue weighted by molar-refractivity contribution is 14.1. The van der Waals surface area contributed by atoms with Gasteiger partial charge in [-0.25, -0.2) is 9.97 Å². The molecular formula is C15H12ClIN4. The number of aryl methyl sites for hydroxylation is 1. The second-order valence-corrected chi connectivity index (χ2v) is 6.03. The topological polar surface area (TPSA) is 64.7 Å². The summed E-state index contributed by atoms with van der Waals surface area (Å²) in [5.41, 5.74) is 8.57. The van der Waals surface area contributed by atoms with Gasteiger partial charge in [0.05, 0.1) is 19.8 Å². The Balaban J connectivity index is 2.31. The number of hydrogen-bond donors (Lipinski definition) is 1. The van der Waals surface area contributed by atoms with Crippen molar-refractivity contribution in [2.24, 2.45) is 0 Å². The first kappa shape index (κ1) is 14.5. The van der Waals surface area contributed by atoms with Crippen LogP contribution in [-0.4, -0.2) is 15.0 Å². The van der Waals surface area contributed by atoms with Crippen LogP contribution < -0.4 is 5.73 Å². The number of anilines is 1. The minimum atomic E-state index is 0.497. The lowest BCUT2D eigenvalue weighted by atomic mass is 10.1. The summed E-state index contributed by atoms with van der Waals surface area (Å²) < 4.78 is 0.907. The first-order valence-corrected chi connectivity index (χ1v) is 7.93. The summed E-state index contributed by atoms with van der Waals surface area (Å²) in [6, 6.07) is 7.52. The Morgan fingerprint density at radius 2 is 2.05 bits per heavy atom. The average Bonchev–Trinajstić information content (AvgIpc) is 2.51. The molecule has 0 aliphatic heterocycles. The number of pyridine rings is 1. The van der Waals surface area contributed by atoms with Crippen LogP contribution in [-0.2, 0) is 6.42 Å². The molecule has 0 saturated heterocycles. The maximum atomic E-state index is 6.22. The average molecular weight is 411 g/mol. The van der Waals surface area contributed by atoms with E-state index >= 15 is 0 Å². The van der Waals surface area contributed by atoms with Gasteiger partial charge in [-0.05, 0) is 53.3 Å². The second-order valence-electron chi connectivity index (χ2n) is 4.54. The van der Waals surface area contributed by atoms with Crippen LogP contribution in [0.15, 0.2) is 30.5 Å². The third-order valence-electron chi connectivity index (χ3n) is 3.24. The Morgan fingerprint density at radius 1 is 1.24 bits per heavy atom. The number of halogens is 2. The molecule has 0 atom stereocenters. The zero-order valence-electron chi connectivity index (χ0n) is 11.3. The smallest absolute Gasteiger partial charge is 0.164 e. The first-order valence-electron chi connectivity index (χ1n) is 6.47. The highest BCUT2D eigenvalue weighted by Crippen LogP contribution is 2.31. The molecule has 0 spiro atoms. The Bertz CT molecular complexity index is 835. The normalized spacial score (nSPS) is 11.0. The van der Waals surface area contributed by atoms with E-state index in [0.29, 0.717) is 16.7 Å². The van der Waals surface area contributed by atoms with E-state index in [1.807, 2.05) is 31.2 Å². The fourth-order valence-electron chi connectivity index (χ4n) is 2.19. The van der Waals surface area contributed by atoms with Crippen molar-refractivity contribution < 1.29 is 0 Å². The third kappa shape index (κ3) is 2.55. The van der Waals surface area contributed by atoms with Gasteiger partial charge in [-0.3, -0.25) is 4.98 Å². The van der Waals surface area contributed by atoms with Crippen molar-refractivity contribution in [1.29, 1.82) is 0 Å². The molecule has 6 heteroatoms. The number of fused-ring (bicyclic) bond motifs is 1. The molecule has 0 amide bonds. The number of nitrogens with two attached hydrogens (primary N) is 1. The molecular weight excluding hydrogens is 399 g/mol. The molecule has 3 aromatic rings. The van der Waals surface area contributed by atoms with E-state index in [-0.39, 0.29) is 0 Å². The van der Waals surface area contributed by atoms with Crippen molar-refractivity contribution in [2.75, 3.05) is 5.73 Å². The van der Waals surface area contributed by atoms with Crippen LogP contribution in [0.5, 0.6) is 0 Å². The summed E-state index contributed by atoms with van der Waals surface area (Å²) in [6.45, 7) is 2.05. The van der Waals surface area contributed by atoms with E-state index in [1.165, 1.54) is 0 Å². The third-order valence-corrected chi connectivity index (χ3v) is 4.74. The molecule has 1 aromatic carbocycles. The zero-order valence-corrected chi connectivity index (χ0v) is 14.2. The van der Waals surface area contributed by atoms with Gasteiger partial charge in [-0.2, -0.15) is 0 Å². The van der Waals surface area contributed by atoms with Crippen LogP contribution in [0.2, 0.25) is 5.02 Å². The number of aromatic nitrogens is 3. The van der Waals surface area contributed by atoms with Crippen LogP contribution in [0, 0.1) is 3.57 Å². The van der Waals surface area contributed by atoms with Gasteiger partial charge >= 0.3 is 0 Å². The molecule has 2 aromatic heterocycles. The van der Waals surface area contributed by atoms with Crippen LogP contribution >= 0.6 is 34.2 Å². The number of nitrogens with zero attached hydrogens (tertiary/aromatic N) is 3. The van der Waals surface area contributed by atoms with E-state index in [1.54, 1.807) is 6.20 Å². The molecule has 0 aliphatic carbocycles. The standard InChI is InChI=1S/C15H12ClIN4/c1-2-11-12(17)14(18)21-15(20-11)9-5-6-10(16)8-4-3-7-19-13(8)9/h3-7H,2H2,1H3,(H2,18,20,21). The quantitative estimate of drug-likeness (QED) is 0.646. The summed E-state index contributed by atoms with van der Waals surface area (Å²) in [6.07, 6.45) is 2.54. The number of benzene rings is 1. The van der Waals surface area contributed by atoms with Crippen molar-refractivity contribution in [3.05, 3.63) is 44.7 Å². The van der Waals surface area contributed by atoms with Gasteiger partial charge in [0, 0.05) is 17.1 Å². The summed E-state index contributed by atoms with van der Waals surface area (Å²) >= 11 is 8.40. The van der Waals surface area contributed by atoms with Crippen LogP contribution in [0.1, 0.15) is 12.6 Å². The molecule has 0 radical (unpaired) electrons. The van der Waals surface area contributed by atoms with Gasteiger partial charge in [0.15, 0.2) is 5.82 Å². The fraction of sp³-hybridized carbons (Fsp3) is 0.133. The molecule has 2 heterocycles. The molecule has 0 unspecified atom stereocenters. The monoisotopic (exact) mass is 410 g/mol. The van der Waals surface area contributed by atoms with Crippen molar-refractivity contribution in [2.45, 2.75) is 13.3 Å². The van der Waals surface area contributed by atoms with E-state index in [2.05, 4.69) is 37.5 Å². The predicted octanol–water partition coefficient (Wildman–Crippen LogP) is 4.09. The molecule has 0 fully saturated rings. The Morgan fingerprint density at radius 3 is 2.81 bits per heavy atom. The fourth-order valence-corrected chi connectivity index (χ4v) is 3.02. The largest absolute Gasteiger partial charge is 0.383 e. The van der Waals surface area contributed by atoms with Crippen LogP contribution in [0.25, 0.3) is 22.3 Å². The zero-order chi connectivity index (χ0) is 15.0. The molecule has 0 saturated carbocycles. The van der Waals surface area contributed by atoms with Gasteiger partial charge in [0.2, 0.25) is 0 Å². The number of rotatable bonds is 2. The van der Waals surface area contributed by atoms with E-state index in [0.717, 1.165) is 32.2 Å². The molecule has 21 heavy (non-hydrogen) atoms. The molecule has 4 nitrogen and oxygen atoms in total. The van der Waals surface area contributed by atoms with Crippen molar-refractivity contribution in [3.8, 4) is 11.4 Å². The van der Waals surface area contributed by atoms with Gasteiger partial charge in [0.1, 0.15) is 5.82 Å². The first-order chi connectivity index (χ1) is 10.1.